The molecule has 0 unspecified atom stereocenters. The predicted octanol–water partition coefficient (Wildman–Crippen LogP) is 3.55. The highest BCUT2D eigenvalue weighted by Gasteiger charge is 2.21. The second-order valence-corrected chi connectivity index (χ2v) is 8.93. The second kappa shape index (κ2) is 9.80. The van der Waals surface area contributed by atoms with E-state index in [1.807, 2.05) is 6.07 Å². The minimum absolute atomic E-state index is 0.207. The Morgan fingerprint density at radius 2 is 1.88 bits per heavy atom. The van der Waals surface area contributed by atoms with E-state index in [1.54, 1.807) is 67.3 Å². The topological polar surface area (TPSA) is 61.4 Å². The van der Waals surface area contributed by atoms with Crippen LogP contribution >= 0.6 is 24.0 Å². The van der Waals surface area contributed by atoms with Gasteiger partial charge in [0.2, 0.25) is 0 Å². The summed E-state index contributed by atoms with van der Waals surface area (Å²) in [6, 6.07) is 15.6. The number of sulfonamides is 1. The first-order valence-electron chi connectivity index (χ1n) is 8.13. The zero-order chi connectivity index (χ0) is 19.0. The lowest BCUT2D eigenvalue weighted by Crippen LogP contribution is -2.30. The molecule has 0 heterocycles. The normalized spacial score (nSPS) is 11.0. The number of thioether (sulfide) groups is 1. The van der Waals surface area contributed by atoms with Crippen molar-refractivity contribution in [2.45, 2.75) is 11.3 Å². The Morgan fingerprint density at radius 3 is 2.58 bits per heavy atom. The molecule has 0 aliphatic rings. The smallest absolute Gasteiger partial charge is 0.264 e. The van der Waals surface area contributed by atoms with Crippen molar-refractivity contribution in [1.29, 1.82) is 0 Å². The van der Waals surface area contributed by atoms with Gasteiger partial charge in [0.15, 0.2) is 5.11 Å². The molecular formula is C18H23N3O2S3. The molecule has 2 rings (SSSR count). The lowest BCUT2D eigenvalue weighted by atomic mass is 10.3. The first-order valence-corrected chi connectivity index (χ1v) is 11.4. The van der Waals surface area contributed by atoms with Gasteiger partial charge in [-0.1, -0.05) is 24.3 Å². The van der Waals surface area contributed by atoms with E-state index in [4.69, 9.17) is 12.2 Å². The molecule has 26 heavy (non-hydrogen) atoms. The maximum Gasteiger partial charge on any atom is 0.264 e. The highest BCUT2D eigenvalue weighted by Crippen LogP contribution is 2.23. The average Bonchev–Trinajstić information content (AvgIpc) is 2.65. The molecule has 2 N–H and O–H groups in total. The largest absolute Gasteiger partial charge is 0.362 e. The van der Waals surface area contributed by atoms with Crippen molar-refractivity contribution in [3.63, 3.8) is 0 Å². The molecular weight excluding hydrogens is 386 g/mol. The number of thiocarbonyl (C=S) groups is 1. The van der Waals surface area contributed by atoms with E-state index in [9.17, 15) is 8.42 Å². The van der Waals surface area contributed by atoms with E-state index in [1.165, 1.54) is 4.31 Å². The summed E-state index contributed by atoms with van der Waals surface area (Å²) in [5, 5.41) is 6.64. The maximum atomic E-state index is 12.9. The molecule has 0 aliphatic heterocycles. The predicted molar refractivity (Wildman–Crippen MR) is 116 cm³/mol. The van der Waals surface area contributed by atoms with E-state index in [2.05, 4.69) is 16.9 Å². The number of nitrogens with zero attached hydrogens (tertiary/aromatic N) is 1. The van der Waals surface area contributed by atoms with Gasteiger partial charge in [-0.2, -0.15) is 11.8 Å². The fraction of sp³-hybridized carbons (Fsp3) is 0.278. The maximum absolute atomic E-state index is 12.9. The van der Waals surface area contributed by atoms with Gasteiger partial charge in [-0.15, -0.1) is 0 Å². The number of para-hydroxylation sites is 1. The van der Waals surface area contributed by atoms with E-state index >= 15 is 0 Å². The van der Waals surface area contributed by atoms with Crippen LogP contribution in [-0.2, 0) is 10.0 Å². The summed E-state index contributed by atoms with van der Waals surface area (Å²) in [6.45, 7) is 0.779. The van der Waals surface area contributed by atoms with Gasteiger partial charge in [0.05, 0.1) is 10.6 Å². The van der Waals surface area contributed by atoms with Gasteiger partial charge in [0.25, 0.3) is 10.0 Å². The summed E-state index contributed by atoms with van der Waals surface area (Å²) in [5.74, 6) is 1.06. The third-order valence-electron chi connectivity index (χ3n) is 3.68. The standard InChI is InChI=1S/C18H23N3O2S3/c1-21(16-9-4-3-5-10-16)26(22,23)17-11-6-8-15(14-17)20-18(24)19-12-7-13-25-2/h3-6,8-11,14H,7,12-13H2,1-2H3,(H2,19,20,24). The van der Waals surface area contributed by atoms with Crippen LogP contribution < -0.4 is 14.9 Å². The minimum Gasteiger partial charge on any atom is -0.362 e. The highest BCUT2D eigenvalue weighted by molar-refractivity contribution is 7.98. The molecule has 0 spiro atoms. The number of rotatable bonds is 8. The van der Waals surface area contributed by atoms with Crippen molar-refractivity contribution in [3.8, 4) is 0 Å². The first-order chi connectivity index (χ1) is 12.4. The van der Waals surface area contributed by atoms with Crippen LogP contribution in [0.1, 0.15) is 6.42 Å². The summed E-state index contributed by atoms with van der Waals surface area (Å²) in [6.07, 6.45) is 3.08. The molecule has 2 aromatic carbocycles. The molecule has 0 saturated heterocycles. The number of nitrogens with one attached hydrogen (secondary N) is 2. The molecule has 140 valence electrons. The fourth-order valence-electron chi connectivity index (χ4n) is 2.26. The van der Waals surface area contributed by atoms with Gasteiger partial charge in [0.1, 0.15) is 0 Å². The summed E-state index contributed by atoms with van der Waals surface area (Å²) in [7, 11) is -2.10. The monoisotopic (exact) mass is 409 g/mol. The first kappa shape index (κ1) is 20.5. The van der Waals surface area contributed by atoms with E-state index in [-0.39, 0.29) is 4.90 Å². The average molecular weight is 410 g/mol. The van der Waals surface area contributed by atoms with Gasteiger partial charge in [-0.3, -0.25) is 4.31 Å². The van der Waals surface area contributed by atoms with Crippen LogP contribution in [0.3, 0.4) is 0 Å². The zero-order valence-corrected chi connectivity index (χ0v) is 17.3. The molecule has 0 bridgehead atoms. The van der Waals surface area contributed by atoms with Crippen LogP contribution in [0, 0.1) is 0 Å². The Labute approximate surface area is 165 Å². The Balaban J connectivity index is 2.09. The molecule has 0 saturated carbocycles. The van der Waals surface area contributed by atoms with Crippen LogP contribution in [0.25, 0.3) is 0 Å². The number of benzene rings is 2. The zero-order valence-electron chi connectivity index (χ0n) is 14.8. The Hall–Kier alpha value is -1.77. The summed E-state index contributed by atoms with van der Waals surface area (Å²) < 4.78 is 27.0. The van der Waals surface area contributed by atoms with Gasteiger partial charge >= 0.3 is 0 Å². The van der Waals surface area contributed by atoms with Crippen molar-refractivity contribution in [1.82, 2.24) is 5.32 Å². The van der Waals surface area contributed by atoms with Gasteiger partial charge in [-0.25, -0.2) is 8.42 Å². The molecule has 2 aromatic rings. The molecule has 0 fully saturated rings. The molecule has 8 heteroatoms. The van der Waals surface area contributed by atoms with Crippen LogP contribution in [0.15, 0.2) is 59.5 Å². The van der Waals surface area contributed by atoms with E-state index < -0.39 is 10.0 Å². The Bertz CT molecular complexity index is 827. The molecule has 0 amide bonds. The summed E-state index contributed by atoms with van der Waals surface area (Å²) in [5.41, 5.74) is 1.24. The number of hydrogen-bond acceptors (Lipinski definition) is 4. The van der Waals surface area contributed by atoms with Crippen molar-refractivity contribution in [2.75, 3.05) is 35.2 Å². The van der Waals surface area contributed by atoms with Gasteiger partial charge in [-0.05, 0) is 61.0 Å². The van der Waals surface area contributed by atoms with Crippen LogP contribution in [0.4, 0.5) is 11.4 Å². The SMILES string of the molecule is CSCCCNC(=S)Nc1cccc(S(=O)(=O)N(C)c2ccccc2)c1. The quantitative estimate of drug-likeness (QED) is 0.514. The van der Waals surface area contributed by atoms with Crippen molar-refractivity contribution < 1.29 is 8.42 Å². The van der Waals surface area contributed by atoms with Gasteiger partial charge < -0.3 is 10.6 Å². The van der Waals surface area contributed by atoms with Crippen molar-refractivity contribution >= 4 is 50.5 Å². The summed E-state index contributed by atoms with van der Waals surface area (Å²) >= 11 is 7.05. The third kappa shape index (κ3) is 5.62. The Kier molecular flexibility index (Phi) is 7.74. The molecule has 0 atom stereocenters. The van der Waals surface area contributed by atoms with Crippen molar-refractivity contribution in [2.24, 2.45) is 0 Å². The minimum atomic E-state index is -3.65. The van der Waals surface area contributed by atoms with Crippen molar-refractivity contribution in [3.05, 3.63) is 54.6 Å². The number of hydrogen-bond donors (Lipinski definition) is 2. The second-order valence-electron chi connectivity index (χ2n) is 5.56. The number of anilines is 2. The lowest BCUT2D eigenvalue weighted by Gasteiger charge is -2.20. The molecule has 0 aliphatic carbocycles. The van der Waals surface area contributed by atoms with Crippen LogP contribution in [-0.4, -0.2) is 39.1 Å². The van der Waals surface area contributed by atoms with Crippen LogP contribution in [0.2, 0.25) is 0 Å². The molecule has 0 aromatic heterocycles. The fourth-order valence-corrected chi connectivity index (χ4v) is 4.16. The van der Waals surface area contributed by atoms with Gasteiger partial charge in [0, 0.05) is 19.3 Å². The molecule has 0 radical (unpaired) electrons. The van der Waals surface area contributed by atoms with Crippen LogP contribution in [0.5, 0.6) is 0 Å². The summed E-state index contributed by atoms with van der Waals surface area (Å²) in [4.78, 5) is 0.207. The Morgan fingerprint density at radius 1 is 1.15 bits per heavy atom. The highest BCUT2D eigenvalue weighted by atomic mass is 32.2. The van der Waals surface area contributed by atoms with E-state index in [0.717, 1.165) is 18.7 Å². The van der Waals surface area contributed by atoms with E-state index in [0.29, 0.717) is 16.5 Å². The lowest BCUT2D eigenvalue weighted by molar-refractivity contribution is 0.594. The third-order valence-corrected chi connectivity index (χ3v) is 6.41. The molecule has 5 nitrogen and oxygen atoms in total.